The second kappa shape index (κ2) is 10.9. The van der Waals surface area contributed by atoms with E-state index in [1.54, 1.807) is 11.3 Å². The van der Waals surface area contributed by atoms with Crippen molar-refractivity contribution >= 4 is 43.2 Å². The Morgan fingerprint density at radius 3 is 2.58 bits per heavy atom. The molecule has 4 aromatic rings. The number of aromatic nitrogens is 1. The summed E-state index contributed by atoms with van der Waals surface area (Å²) in [4.78, 5) is 24.8. The number of pyridine rings is 1. The van der Waals surface area contributed by atoms with Crippen LogP contribution in [-0.4, -0.2) is 92.3 Å². The van der Waals surface area contributed by atoms with Crippen LogP contribution >= 0.6 is 11.3 Å². The van der Waals surface area contributed by atoms with E-state index >= 15 is 0 Å². The van der Waals surface area contributed by atoms with E-state index in [0.717, 1.165) is 49.8 Å². The van der Waals surface area contributed by atoms with Gasteiger partial charge in [0.1, 0.15) is 5.82 Å². The second-order valence-corrected chi connectivity index (χ2v) is 10.5. The lowest BCUT2D eigenvalue weighted by Gasteiger charge is -2.36. The number of likely N-dealkylation sites (N-methyl/N-ethyl adjacent to an activating group) is 1. The number of aliphatic hydroxyl groups is 1. The van der Waals surface area contributed by atoms with Gasteiger partial charge >= 0.3 is 0 Å². The van der Waals surface area contributed by atoms with Gasteiger partial charge in [-0.15, -0.1) is 11.3 Å². The van der Waals surface area contributed by atoms with E-state index < -0.39 is 0 Å². The van der Waals surface area contributed by atoms with Gasteiger partial charge in [0.15, 0.2) is 0 Å². The molecule has 0 bridgehead atoms. The Hall–Kier alpha value is -3.04. The summed E-state index contributed by atoms with van der Waals surface area (Å²) in [6.45, 7) is 5.39. The summed E-state index contributed by atoms with van der Waals surface area (Å²) in [7, 11) is 3.99. The summed E-state index contributed by atoms with van der Waals surface area (Å²) in [5.74, 6) is 0.639. The normalized spacial score (nSPS) is 14.7. The third kappa shape index (κ3) is 5.08. The molecule has 7 nitrogen and oxygen atoms in total. The Kier molecular flexibility index (Phi) is 7.48. The zero-order valence-electron chi connectivity index (χ0n) is 20.9. The molecule has 0 unspecified atom stereocenters. The molecule has 1 amide bonds. The van der Waals surface area contributed by atoms with Crippen molar-refractivity contribution in [2.45, 2.75) is 0 Å². The number of carbonyl (C=O) groups excluding carboxylic acids is 1. The average Bonchev–Trinajstić information content (AvgIpc) is 3.28. The third-order valence-corrected chi connectivity index (χ3v) is 7.95. The van der Waals surface area contributed by atoms with Gasteiger partial charge in [-0.05, 0) is 32.3 Å². The maximum atomic E-state index is 13.2. The zero-order chi connectivity index (χ0) is 25.1. The smallest absolute Gasteiger partial charge is 0.255 e. The van der Waals surface area contributed by atoms with Crippen LogP contribution in [0.5, 0.6) is 0 Å². The van der Waals surface area contributed by atoms with Crippen molar-refractivity contribution in [2.75, 3.05) is 71.4 Å². The van der Waals surface area contributed by atoms with Crippen LogP contribution in [0.15, 0.2) is 54.6 Å². The molecule has 2 N–H and O–H groups in total. The minimum Gasteiger partial charge on any atom is -0.395 e. The highest BCUT2D eigenvalue weighted by molar-refractivity contribution is 7.26. The number of anilines is 1. The molecular formula is C28H33N5O2S. The van der Waals surface area contributed by atoms with Gasteiger partial charge in [0.25, 0.3) is 5.91 Å². The van der Waals surface area contributed by atoms with Gasteiger partial charge in [0.2, 0.25) is 0 Å². The molecule has 2 aromatic heterocycles. The van der Waals surface area contributed by atoms with Crippen LogP contribution in [-0.2, 0) is 0 Å². The van der Waals surface area contributed by atoms with Crippen molar-refractivity contribution in [3.8, 4) is 11.3 Å². The second-order valence-electron chi connectivity index (χ2n) is 9.46. The van der Waals surface area contributed by atoms with Crippen LogP contribution < -0.4 is 10.2 Å². The number of carbonyl (C=O) groups is 1. The van der Waals surface area contributed by atoms with E-state index in [2.05, 4.69) is 62.5 Å². The lowest BCUT2D eigenvalue weighted by Crippen LogP contribution is -2.48. The van der Waals surface area contributed by atoms with Crippen LogP contribution in [0.2, 0.25) is 0 Å². The van der Waals surface area contributed by atoms with Crippen molar-refractivity contribution in [3.63, 3.8) is 0 Å². The van der Waals surface area contributed by atoms with Gasteiger partial charge in [-0.3, -0.25) is 9.69 Å². The van der Waals surface area contributed by atoms with E-state index in [1.807, 2.05) is 26.2 Å². The number of fused-ring (bicyclic) bond motifs is 3. The Morgan fingerprint density at radius 2 is 1.81 bits per heavy atom. The highest BCUT2D eigenvalue weighted by atomic mass is 32.1. The first-order chi connectivity index (χ1) is 17.5. The molecule has 0 aliphatic carbocycles. The van der Waals surface area contributed by atoms with Gasteiger partial charge in [-0.1, -0.05) is 36.4 Å². The number of amides is 1. The predicted molar refractivity (Wildman–Crippen MR) is 149 cm³/mol. The Balaban J connectivity index is 1.53. The number of hydrogen-bond acceptors (Lipinski definition) is 7. The van der Waals surface area contributed by atoms with Crippen LogP contribution in [0.4, 0.5) is 5.82 Å². The first-order valence-electron chi connectivity index (χ1n) is 12.5. The molecule has 0 radical (unpaired) electrons. The molecule has 36 heavy (non-hydrogen) atoms. The number of benzene rings is 2. The first-order valence-corrected chi connectivity index (χ1v) is 13.3. The molecule has 5 rings (SSSR count). The molecule has 1 saturated heterocycles. The van der Waals surface area contributed by atoms with Gasteiger partial charge in [-0.2, -0.15) is 0 Å². The highest BCUT2D eigenvalue weighted by Gasteiger charge is 2.24. The fourth-order valence-corrected chi connectivity index (χ4v) is 6.00. The number of rotatable bonds is 8. The number of nitrogens with zero attached hydrogens (tertiary/aromatic N) is 4. The zero-order valence-corrected chi connectivity index (χ0v) is 21.7. The largest absolute Gasteiger partial charge is 0.395 e. The summed E-state index contributed by atoms with van der Waals surface area (Å²) in [6.07, 6.45) is 0. The van der Waals surface area contributed by atoms with E-state index in [0.29, 0.717) is 18.7 Å². The molecule has 1 aliphatic heterocycles. The first kappa shape index (κ1) is 24.6. The minimum atomic E-state index is -0.0937. The lowest BCUT2D eigenvalue weighted by atomic mass is 10.1. The van der Waals surface area contributed by atoms with Crippen molar-refractivity contribution in [1.82, 2.24) is 20.1 Å². The predicted octanol–water partition coefficient (Wildman–Crippen LogP) is 3.52. The SMILES string of the molecule is CN(C)CCNC(=O)c1ccc(-c2cccc3c2sc2ccccc23)nc1N1CCN(CCO)CC1. The van der Waals surface area contributed by atoms with E-state index in [4.69, 9.17) is 4.98 Å². The summed E-state index contributed by atoms with van der Waals surface area (Å²) in [5, 5.41) is 14.9. The molecule has 188 valence electrons. The van der Waals surface area contributed by atoms with Crippen molar-refractivity contribution in [1.29, 1.82) is 0 Å². The topological polar surface area (TPSA) is 71.9 Å². The fraction of sp³-hybridized carbons (Fsp3) is 0.357. The van der Waals surface area contributed by atoms with Gasteiger partial charge < -0.3 is 20.2 Å². The van der Waals surface area contributed by atoms with Crippen molar-refractivity contribution < 1.29 is 9.90 Å². The summed E-state index contributed by atoms with van der Waals surface area (Å²) >= 11 is 1.79. The molecule has 3 heterocycles. The number of nitrogens with one attached hydrogen (secondary N) is 1. The fourth-order valence-electron chi connectivity index (χ4n) is 4.78. The number of β-amino-alcohol motifs (C(OH)–C–C–N with tert-alkyl or cyclic N) is 1. The maximum absolute atomic E-state index is 13.2. The summed E-state index contributed by atoms with van der Waals surface area (Å²) in [6, 6.07) is 18.8. The molecule has 0 saturated carbocycles. The number of piperazine rings is 1. The highest BCUT2D eigenvalue weighted by Crippen LogP contribution is 2.39. The number of hydrogen-bond donors (Lipinski definition) is 2. The van der Waals surface area contributed by atoms with Crippen LogP contribution in [0.3, 0.4) is 0 Å². The Morgan fingerprint density at radius 1 is 1.03 bits per heavy atom. The van der Waals surface area contributed by atoms with Crippen molar-refractivity contribution in [3.05, 3.63) is 60.2 Å². The van der Waals surface area contributed by atoms with Crippen molar-refractivity contribution in [2.24, 2.45) is 0 Å². The van der Waals surface area contributed by atoms with E-state index in [1.165, 1.54) is 20.2 Å². The van der Waals surface area contributed by atoms with Crippen LogP contribution in [0, 0.1) is 0 Å². The standard InChI is InChI=1S/C28H33N5O2S/c1-31(2)13-12-29-28(35)23-10-11-24(30-27(23)33-16-14-32(15-17-33)18-19-34)22-8-5-7-21-20-6-3-4-9-25(20)36-26(21)22/h3-11,34H,12-19H2,1-2H3,(H,29,35). The number of thiophene rings is 1. The summed E-state index contributed by atoms with van der Waals surface area (Å²) < 4.78 is 2.48. The summed E-state index contributed by atoms with van der Waals surface area (Å²) in [5.41, 5.74) is 2.58. The Bertz CT molecular complexity index is 1360. The van der Waals surface area contributed by atoms with Crippen LogP contribution in [0.1, 0.15) is 10.4 Å². The van der Waals surface area contributed by atoms with Gasteiger partial charge in [0.05, 0.1) is 17.9 Å². The van der Waals surface area contributed by atoms with Gasteiger partial charge in [-0.25, -0.2) is 4.98 Å². The molecule has 1 aliphatic rings. The molecule has 0 spiro atoms. The number of aliphatic hydroxyl groups excluding tert-OH is 1. The van der Waals surface area contributed by atoms with E-state index in [-0.39, 0.29) is 12.5 Å². The quantitative estimate of drug-likeness (QED) is 0.383. The van der Waals surface area contributed by atoms with E-state index in [9.17, 15) is 9.90 Å². The molecule has 8 heteroatoms. The van der Waals surface area contributed by atoms with Gasteiger partial charge in [0, 0.05) is 71.5 Å². The molecule has 1 fully saturated rings. The lowest BCUT2D eigenvalue weighted by molar-refractivity contribution is 0.0951. The average molecular weight is 504 g/mol. The minimum absolute atomic E-state index is 0.0937. The Labute approximate surface area is 216 Å². The monoisotopic (exact) mass is 503 g/mol. The molecular weight excluding hydrogens is 470 g/mol. The molecule has 0 atom stereocenters. The maximum Gasteiger partial charge on any atom is 0.255 e. The molecule has 2 aromatic carbocycles. The van der Waals surface area contributed by atoms with Crippen LogP contribution in [0.25, 0.3) is 31.4 Å². The third-order valence-electron chi connectivity index (χ3n) is 6.73.